The van der Waals surface area contributed by atoms with Gasteiger partial charge in [-0.25, -0.2) is 14.5 Å². The van der Waals surface area contributed by atoms with Crippen LogP contribution in [0, 0.1) is 0 Å². The van der Waals surface area contributed by atoms with Gasteiger partial charge in [-0.2, -0.15) is 0 Å². The van der Waals surface area contributed by atoms with Crippen LogP contribution in [0.4, 0.5) is 9.59 Å². The minimum Gasteiger partial charge on any atom is -0.480 e. The number of fused-ring (bicyclic) bond motifs is 3. The molecule has 2 aromatic rings. The number of carboxylic acid groups (broad SMARTS) is 1. The summed E-state index contributed by atoms with van der Waals surface area (Å²) in [5.74, 6) is -1.59. The van der Waals surface area contributed by atoms with Crippen LogP contribution in [-0.2, 0) is 10.2 Å². The number of rotatable bonds is 2. The van der Waals surface area contributed by atoms with Crippen molar-refractivity contribution < 1.29 is 24.2 Å². The maximum Gasteiger partial charge on any atom is 0.423 e. The van der Waals surface area contributed by atoms with Crippen molar-refractivity contribution in [2.45, 2.75) is 25.2 Å². The molecule has 3 amide bonds. The van der Waals surface area contributed by atoms with Crippen molar-refractivity contribution in [3.63, 3.8) is 0 Å². The zero-order chi connectivity index (χ0) is 20.1. The number of aliphatic imine (C=N–C) groups is 1. The van der Waals surface area contributed by atoms with Gasteiger partial charge in [-0.05, 0) is 17.7 Å². The molecule has 2 aliphatic rings. The quantitative estimate of drug-likeness (QED) is 0.732. The van der Waals surface area contributed by atoms with E-state index in [1.165, 1.54) is 6.21 Å². The first kappa shape index (κ1) is 18.0. The third-order valence-corrected chi connectivity index (χ3v) is 5.08. The highest BCUT2D eigenvalue weighted by atomic mass is 16.6. The van der Waals surface area contributed by atoms with Crippen molar-refractivity contribution in [1.82, 2.24) is 15.2 Å². The molecule has 3 heterocycles. The van der Waals surface area contributed by atoms with Gasteiger partial charge in [-0.3, -0.25) is 9.79 Å². The third kappa shape index (κ3) is 2.88. The number of carbonyl (C=O) groups excluding carboxylic acids is 2. The predicted molar refractivity (Wildman–Crippen MR) is 101 cm³/mol. The molecule has 1 saturated heterocycles. The van der Waals surface area contributed by atoms with Gasteiger partial charge in [0, 0.05) is 47.4 Å². The Balaban J connectivity index is 1.73. The number of hydrogen-bond donors (Lipinski definition) is 3. The van der Waals surface area contributed by atoms with Gasteiger partial charge in [0.05, 0.1) is 6.54 Å². The van der Waals surface area contributed by atoms with Gasteiger partial charge in [-0.15, -0.1) is 0 Å². The Morgan fingerprint density at radius 1 is 1.36 bits per heavy atom. The van der Waals surface area contributed by atoms with Crippen molar-refractivity contribution in [3.8, 4) is 5.75 Å². The molecule has 146 valence electrons. The number of nitrogens with zero attached hydrogens (tertiary/aromatic N) is 2. The summed E-state index contributed by atoms with van der Waals surface area (Å²) in [7, 11) is 0. The maximum atomic E-state index is 12.2. The topological polar surface area (TPSA) is 124 Å². The summed E-state index contributed by atoms with van der Waals surface area (Å²) in [5.41, 5.74) is 1.77. The number of aromatic nitrogens is 1. The Morgan fingerprint density at radius 2 is 2.14 bits per heavy atom. The smallest absolute Gasteiger partial charge is 0.423 e. The van der Waals surface area contributed by atoms with E-state index in [1.807, 2.05) is 13.8 Å². The largest absolute Gasteiger partial charge is 0.480 e. The molecule has 0 saturated carbocycles. The summed E-state index contributed by atoms with van der Waals surface area (Å²) in [5, 5.41) is 13.0. The van der Waals surface area contributed by atoms with Gasteiger partial charge in [0.2, 0.25) is 0 Å². The Hall–Kier alpha value is -3.36. The van der Waals surface area contributed by atoms with E-state index in [4.69, 9.17) is 4.74 Å². The van der Waals surface area contributed by atoms with Crippen LogP contribution < -0.4 is 10.1 Å². The van der Waals surface area contributed by atoms with E-state index in [0.717, 1.165) is 15.8 Å². The number of ether oxygens (including phenoxy) is 1. The fraction of sp³-hybridized carbons (Fsp3) is 0.368. The van der Waals surface area contributed by atoms with Gasteiger partial charge in [0.15, 0.2) is 0 Å². The van der Waals surface area contributed by atoms with E-state index in [-0.39, 0.29) is 17.7 Å². The standard InChI is InChI=1S/C19H20N4O5/c1-19(2)9-20-8-12(16(24)25)15-14(19)11-4-3-10(7-13(11)22-15)28-18(27)23-6-5-21-17(23)26/h3-4,7-8,12,22H,5-6,9H2,1-2H3,(H,21,26)(H,24,25). The lowest BCUT2D eigenvalue weighted by atomic mass is 9.81. The molecular formula is C19H20N4O5. The summed E-state index contributed by atoms with van der Waals surface area (Å²) in [4.78, 5) is 44.0. The van der Waals surface area contributed by atoms with Crippen LogP contribution >= 0.6 is 0 Å². The SMILES string of the molecule is CC1(C)CN=CC(C(=O)O)c2[nH]c3cc(OC(=O)N4CCNC4=O)ccc3c21. The fourth-order valence-corrected chi connectivity index (χ4v) is 3.75. The molecule has 1 atom stereocenters. The second-order valence-electron chi connectivity index (χ2n) is 7.56. The number of urea groups is 1. The molecule has 0 spiro atoms. The van der Waals surface area contributed by atoms with E-state index in [2.05, 4.69) is 15.3 Å². The van der Waals surface area contributed by atoms with Gasteiger partial charge in [0.1, 0.15) is 11.7 Å². The first-order valence-corrected chi connectivity index (χ1v) is 8.94. The first-order chi connectivity index (χ1) is 13.3. The van der Waals surface area contributed by atoms with Crippen LogP contribution in [0.1, 0.15) is 31.0 Å². The number of amides is 3. The van der Waals surface area contributed by atoms with Gasteiger partial charge in [0.25, 0.3) is 0 Å². The molecule has 0 aliphatic carbocycles. The zero-order valence-corrected chi connectivity index (χ0v) is 15.5. The van der Waals surface area contributed by atoms with E-state index in [0.29, 0.717) is 24.3 Å². The Morgan fingerprint density at radius 3 is 2.82 bits per heavy atom. The summed E-state index contributed by atoms with van der Waals surface area (Å²) in [6, 6.07) is 4.59. The highest BCUT2D eigenvalue weighted by molar-refractivity contribution is 5.99. The van der Waals surface area contributed by atoms with Crippen LogP contribution in [0.3, 0.4) is 0 Å². The van der Waals surface area contributed by atoms with Gasteiger partial charge in [-0.1, -0.05) is 13.8 Å². The van der Waals surface area contributed by atoms with Crippen LogP contribution in [0.25, 0.3) is 10.9 Å². The van der Waals surface area contributed by atoms with Crippen LogP contribution in [0.15, 0.2) is 23.2 Å². The lowest BCUT2D eigenvalue weighted by molar-refractivity contribution is -0.137. The maximum absolute atomic E-state index is 12.2. The molecule has 9 heteroatoms. The number of imide groups is 1. The summed E-state index contributed by atoms with van der Waals surface area (Å²) in [6.45, 7) is 5.15. The van der Waals surface area contributed by atoms with Crippen LogP contribution in [0.5, 0.6) is 5.75 Å². The van der Waals surface area contributed by atoms with Gasteiger partial charge < -0.3 is 20.1 Å². The molecule has 0 radical (unpaired) electrons. The molecule has 0 bridgehead atoms. The summed E-state index contributed by atoms with van der Waals surface area (Å²) < 4.78 is 5.32. The molecule has 28 heavy (non-hydrogen) atoms. The van der Waals surface area contributed by atoms with Gasteiger partial charge >= 0.3 is 18.1 Å². The van der Waals surface area contributed by atoms with E-state index < -0.39 is 24.0 Å². The number of nitrogens with one attached hydrogen (secondary N) is 2. The second-order valence-corrected chi connectivity index (χ2v) is 7.56. The summed E-state index contributed by atoms with van der Waals surface area (Å²) in [6.07, 6.45) is 0.705. The second kappa shape index (κ2) is 6.36. The molecular weight excluding hydrogens is 364 g/mol. The number of carbonyl (C=O) groups is 3. The average Bonchev–Trinajstić information content (AvgIpc) is 3.18. The minimum absolute atomic E-state index is 0.254. The zero-order valence-electron chi connectivity index (χ0n) is 15.5. The Labute approximate surface area is 160 Å². The highest BCUT2D eigenvalue weighted by Gasteiger charge is 2.35. The first-order valence-electron chi connectivity index (χ1n) is 8.94. The van der Waals surface area contributed by atoms with Crippen LogP contribution in [0.2, 0.25) is 0 Å². The molecule has 1 unspecified atom stereocenters. The summed E-state index contributed by atoms with van der Waals surface area (Å²) >= 11 is 0. The third-order valence-electron chi connectivity index (χ3n) is 5.08. The molecule has 3 N–H and O–H groups in total. The number of benzene rings is 1. The number of aromatic amines is 1. The Bertz CT molecular complexity index is 1020. The van der Waals surface area contributed by atoms with Crippen molar-refractivity contribution in [2.24, 2.45) is 4.99 Å². The average molecular weight is 384 g/mol. The van der Waals surface area contributed by atoms with Crippen molar-refractivity contribution in [3.05, 3.63) is 29.5 Å². The molecule has 9 nitrogen and oxygen atoms in total. The molecule has 4 rings (SSSR count). The van der Waals surface area contributed by atoms with E-state index in [9.17, 15) is 19.5 Å². The van der Waals surface area contributed by atoms with E-state index >= 15 is 0 Å². The number of aliphatic carboxylic acids is 1. The lowest BCUT2D eigenvalue weighted by Crippen LogP contribution is -2.36. The number of hydrogen-bond acceptors (Lipinski definition) is 5. The predicted octanol–water partition coefficient (Wildman–Crippen LogP) is 2.22. The van der Waals surface area contributed by atoms with Crippen molar-refractivity contribution in [2.75, 3.05) is 19.6 Å². The number of carboxylic acids is 1. The minimum atomic E-state index is -0.985. The van der Waals surface area contributed by atoms with E-state index in [1.54, 1.807) is 18.2 Å². The molecule has 1 aromatic heterocycles. The highest BCUT2D eigenvalue weighted by Crippen LogP contribution is 2.39. The number of H-pyrrole nitrogens is 1. The normalized spacial score (nSPS) is 20.6. The molecule has 1 fully saturated rings. The van der Waals surface area contributed by atoms with Crippen LogP contribution in [-0.4, -0.2) is 58.9 Å². The molecule has 1 aromatic carbocycles. The lowest BCUT2D eigenvalue weighted by Gasteiger charge is -2.23. The van der Waals surface area contributed by atoms with Crippen molar-refractivity contribution >= 4 is 35.2 Å². The monoisotopic (exact) mass is 384 g/mol. The molecule has 2 aliphatic heterocycles. The fourth-order valence-electron chi connectivity index (χ4n) is 3.75. The van der Waals surface area contributed by atoms with Crippen molar-refractivity contribution in [1.29, 1.82) is 0 Å². The Kier molecular flexibility index (Phi) is 4.10.